The van der Waals surface area contributed by atoms with Crippen LogP contribution in [0, 0.1) is 6.92 Å². The zero-order chi connectivity index (χ0) is 12.3. The van der Waals surface area contributed by atoms with Crippen LogP contribution in [0.1, 0.15) is 22.7 Å². The molecule has 88 valence electrons. The first-order valence-electron chi connectivity index (χ1n) is 5.57. The van der Waals surface area contributed by atoms with Crippen LogP contribution in [0.4, 0.5) is 0 Å². The summed E-state index contributed by atoms with van der Waals surface area (Å²) in [5, 5.41) is 0. The van der Waals surface area contributed by atoms with E-state index in [9.17, 15) is 0 Å². The number of benzene rings is 1. The van der Waals surface area contributed by atoms with Crippen LogP contribution in [0.25, 0.3) is 0 Å². The van der Waals surface area contributed by atoms with Crippen LogP contribution in [0.15, 0.2) is 47.2 Å². The summed E-state index contributed by atoms with van der Waals surface area (Å²) < 4.78 is 1.09. The first kappa shape index (κ1) is 12.3. The Morgan fingerprint density at radius 2 is 2.12 bits per heavy atom. The highest BCUT2D eigenvalue weighted by atomic mass is 79.9. The predicted octanol–water partition coefficient (Wildman–Crippen LogP) is 3.40. The van der Waals surface area contributed by atoms with Crippen molar-refractivity contribution in [2.45, 2.75) is 19.4 Å². The highest BCUT2D eigenvalue weighted by Crippen LogP contribution is 2.18. The van der Waals surface area contributed by atoms with Crippen LogP contribution in [-0.4, -0.2) is 4.98 Å². The Balaban J connectivity index is 2.14. The molecule has 0 aliphatic rings. The van der Waals surface area contributed by atoms with Crippen LogP contribution in [0.5, 0.6) is 0 Å². The topological polar surface area (TPSA) is 38.9 Å². The molecule has 1 aromatic carbocycles. The monoisotopic (exact) mass is 290 g/mol. The molecule has 1 unspecified atom stereocenters. The van der Waals surface area contributed by atoms with Gasteiger partial charge >= 0.3 is 0 Å². The normalized spacial score (nSPS) is 12.4. The second-order valence-corrected chi connectivity index (χ2v) is 5.15. The number of rotatable bonds is 3. The van der Waals surface area contributed by atoms with Gasteiger partial charge in [-0.25, -0.2) is 0 Å². The van der Waals surface area contributed by atoms with Crippen molar-refractivity contribution >= 4 is 15.9 Å². The van der Waals surface area contributed by atoms with Crippen molar-refractivity contribution < 1.29 is 0 Å². The molecule has 0 aliphatic carbocycles. The standard InChI is InChI=1S/C14H15BrN2/c1-10-5-12(9-17-8-10)14(16)7-11-3-2-4-13(15)6-11/h2-6,8-9,14H,7,16H2,1H3. The summed E-state index contributed by atoms with van der Waals surface area (Å²) in [5.74, 6) is 0. The van der Waals surface area contributed by atoms with Crippen molar-refractivity contribution in [3.05, 3.63) is 63.9 Å². The quantitative estimate of drug-likeness (QED) is 0.941. The van der Waals surface area contributed by atoms with Crippen LogP contribution < -0.4 is 5.73 Å². The van der Waals surface area contributed by atoms with Gasteiger partial charge in [0.2, 0.25) is 0 Å². The SMILES string of the molecule is Cc1cncc(C(N)Cc2cccc(Br)c2)c1. The molecule has 0 fully saturated rings. The van der Waals surface area contributed by atoms with Gasteiger partial charge in [-0.3, -0.25) is 4.98 Å². The Hall–Kier alpha value is -1.19. The summed E-state index contributed by atoms with van der Waals surface area (Å²) in [4.78, 5) is 4.18. The van der Waals surface area contributed by atoms with Gasteiger partial charge in [0.1, 0.15) is 0 Å². The highest BCUT2D eigenvalue weighted by molar-refractivity contribution is 9.10. The lowest BCUT2D eigenvalue weighted by molar-refractivity contribution is 0.717. The van der Waals surface area contributed by atoms with Gasteiger partial charge in [-0.05, 0) is 42.2 Å². The van der Waals surface area contributed by atoms with Gasteiger partial charge in [-0.2, -0.15) is 0 Å². The second kappa shape index (κ2) is 5.43. The second-order valence-electron chi connectivity index (χ2n) is 4.24. The molecule has 2 N–H and O–H groups in total. The molecule has 2 rings (SSSR count). The van der Waals surface area contributed by atoms with Crippen molar-refractivity contribution in [1.29, 1.82) is 0 Å². The molecule has 0 spiro atoms. The van der Waals surface area contributed by atoms with Crippen LogP contribution in [-0.2, 0) is 6.42 Å². The Bertz CT molecular complexity index is 511. The molecule has 0 bridgehead atoms. The predicted molar refractivity (Wildman–Crippen MR) is 73.7 cm³/mol. The van der Waals surface area contributed by atoms with Crippen LogP contribution in [0.2, 0.25) is 0 Å². The van der Waals surface area contributed by atoms with Crippen LogP contribution in [0.3, 0.4) is 0 Å². The van der Waals surface area contributed by atoms with Gasteiger partial charge in [0.15, 0.2) is 0 Å². The first-order chi connectivity index (χ1) is 8.15. The number of pyridine rings is 1. The number of nitrogens with zero attached hydrogens (tertiary/aromatic N) is 1. The highest BCUT2D eigenvalue weighted by Gasteiger charge is 2.07. The molecular formula is C14H15BrN2. The summed E-state index contributed by atoms with van der Waals surface area (Å²) in [6.45, 7) is 2.03. The molecule has 2 nitrogen and oxygen atoms in total. The smallest absolute Gasteiger partial charge is 0.0351 e. The van der Waals surface area contributed by atoms with Crippen molar-refractivity contribution in [3.63, 3.8) is 0 Å². The largest absolute Gasteiger partial charge is 0.324 e. The molecule has 1 heterocycles. The third kappa shape index (κ3) is 3.38. The van der Waals surface area contributed by atoms with Crippen molar-refractivity contribution in [2.75, 3.05) is 0 Å². The molecule has 0 radical (unpaired) electrons. The maximum atomic E-state index is 6.19. The number of aryl methyl sites for hydroxylation is 1. The number of hydrogen-bond donors (Lipinski definition) is 1. The molecule has 0 aliphatic heterocycles. The lowest BCUT2D eigenvalue weighted by Crippen LogP contribution is -2.13. The number of nitrogens with two attached hydrogens (primary N) is 1. The molecule has 17 heavy (non-hydrogen) atoms. The van der Waals surface area contributed by atoms with Crippen LogP contribution >= 0.6 is 15.9 Å². The minimum Gasteiger partial charge on any atom is -0.324 e. The Morgan fingerprint density at radius 3 is 2.82 bits per heavy atom. The average molecular weight is 291 g/mol. The lowest BCUT2D eigenvalue weighted by Gasteiger charge is -2.12. The van der Waals surface area contributed by atoms with Gasteiger partial charge < -0.3 is 5.73 Å². The molecule has 0 saturated carbocycles. The molecule has 3 heteroatoms. The van der Waals surface area contributed by atoms with E-state index in [1.165, 1.54) is 5.56 Å². The number of hydrogen-bond acceptors (Lipinski definition) is 2. The van der Waals surface area contributed by atoms with E-state index in [2.05, 4.69) is 39.1 Å². The Labute approximate surface area is 110 Å². The zero-order valence-corrected chi connectivity index (χ0v) is 11.3. The van der Waals surface area contributed by atoms with Crippen molar-refractivity contribution in [3.8, 4) is 0 Å². The number of aromatic nitrogens is 1. The average Bonchev–Trinajstić information content (AvgIpc) is 2.29. The van der Waals surface area contributed by atoms with E-state index < -0.39 is 0 Å². The van der Waals surface area contributed by atoms with Gasteiger partial charge in [-0.1, -0.05) is 34.1 Å². The maximum Gasteiger partial charge on any atom is 0.0351 e. The summed E-state index contributed by atoms with van der Waals surface area (Å²) in [5.41, 5.74) is 9.65. The fraction of sp³-hybridized carbons (Fsp3) is 0.214. The molecular weight excluding hydrogens is 276 g/mol. The fourth-order valence-electron chi connectivity index (χ4n) is 1.82. The van der Waals surface area contributed by atoms with E-state index >= 15 is 0 Å². The minimum absolute atomic E-state index is 0.00306. The minimum atomic E-state index is -0.00306. The van der Waals surface area contributed by atoms with Gasteiger partial charge in [0.25, 0.3) is 0 Å². The number of halogens is 1. The lowest BCUT2D eigenvalue weighted by atomic mass is 10.0. The maximum absolute atomic E-state index is 6.19. The molecule has 1 aromatic heterocycles. The summed E-state index contributed by atoms with van der Waals surface area (Å²) in [6, 6.07) is 10.3. The summed E-state index contributed by atoms with van der Waals surface area (Å²) in [6.07, 6.45) is 4.51. The van der Waals surface area contributed by atoms with E-state index in [0.717, 1.165) is 22.0 Å². The van der Waals surface area contributed by atoms with Gasteiger partial charge in [0, 0.05) is 22.9 Å². The molecule has 0 saturated heterocycles. The fourth-order valence-corrected chi connectivity index (χ4v) is 2.26. The molecule has 0 amide bonds. The first-order valence-corrected chi connectivity index (χ1v) is 6.36. The molecule has 1 atom stereocenters. The van der Waals surface area contributed by atoms with E-state index in [-0.39, 0.29) is 6.04 Å². The van der Waals surface area contributed by atoms with Gasteiger partial charge in [-0.15, -0.1) is 0 Å². The molecule has 2 aromatic rings. The van der Waals surface area contributed by atoms with E-state index in [0.29, 0.717) is 0 Å². The Morgan fingerprint density at radius 1 is 1.29 bits per heavy atom. The van der Waals surface area contributed by atoms with E-state index in [1.807, 2.05) is 31.5 Å². The zero-order valence-electron chi connectivity index (χ0n) is 9.73. The Kier molecular flexibility index (Phi) is 3.92. The summed E-state index contributed by atoms with van der Waals surface area (Å²) in [7, 11) is 0. The third-order valence-corrected chi connectivity index (χ3v) is 3.16. The van der Waals surface area contributed by atoms with E-state index in [4.69, 9.17) is 5.73 Å². The third-order valence-electron chi connectivity index (χ3n) is 2.67. The van der Waals surface area contributed by atoms with Crippen molar-refractivity contribution in [1.82, 2.24) is 4.98 Å². The van der Waals surface area contributed by atoms with Crippen molar-refractivity contribution in [2.24, 2.45) is 5.73 Å². The van der Waals surface area contributed by atoms with E-state index in [1.54, 1.807) is 0 Å². The summed E-state index contributed by atoms with van der Waals surface area (Å²) >= 11 is 3.47. The van der Waals surface area contributed by atoms with Gasteiger partial charge in [0.05, 0.1) is 0 Å².